The van der Waals surface area contributed by atoms with Crippen LogP contribution in [0.1, 0.15) is 35.4 Å². The Morgan fingerprint density at radius 1 is 1.07 bits per heavy atom. The van der Waals surface area contributed by atoms with Gasteiger partial charge in [-0.1, -0.05) is 28.5 Å². The number of anilines is 1. The van der Waals surface area contributed by atoms with Gasteiger partial charge in [0.25, 0.3) is 17.6 Å². The van der Waals surface area contributed by atoms with Crippen molar-refractivity contribution in [3.63, 3.8) is 0 Å². The first-order valence-corrected chi connectivity index (χ1v) is 17.6. The van der Waals surface area contributed by atoms with Crippen LogP contribution in [0.25, 0.3) is 0 Å². The van der Waals surface area contributed by atoms with Gasteiger partial charge < -0.3 is 46.5 Å². The number of hydrogen-bond donors (Lipinski definition) is 8. The van der Waals surface area contributed by atoms with Gasteiger partial charge in [0.15, 0.2) is 16.6 Å². The molecule has 6 amide bonds. The normalized spacial score (nSPS) is 22.6. The van der Waals surface area contributed by atoms with Crippen LogP contribution in [0.5, 0.6) is 11.5 Å². The summed E-state index contributed by atoms with van der Waals surface area (Å²) in [4.78, 5) is 111. The molecule has 0 bridgehead atoms. The number of nitrogens with one attached hydrogen (secondary N) is 3. The number of fused-ring (bicyclic) bond motifs is 1. The minimum atomic E-state index is -2.04. The lowest BCUT2D eigenvalue weighted by atomic mass is 10.1. The summed E-state index contributed by atoms with van der Waals surface area (Å²) < 4.78 is 3.90. The van der Waals surface area contributed by atoms with Crippen molar-refractivity contribution >= 4 is 93.1 Å². The minimum absolute atomic E-state index is 0.0487. The van der Waals surface area contributed by atoms with E-state index in [1.165, 1.54) is 0 Å². The van der Waals surface area contributed by atoms with Crippen molar-refractivity contribution in [3.05, 3.63) is 28.5 Å². The number of phenols is 2. The molecule has 4 fully saturated rings. The van der Waals surface area contributed by atoms with Crippen molar-refractivity contribution in [2.45, 2.75) is 41.2 Å². The first kappa shape index (κ1) is 37.8. The van der Waals surface area contributed by atoms with Crippen LogP contribution < -0.4 is 21.8 Å². The summed E-state index contributed by atoms with van der Waals surface area (Å²) in [5.74, 6) is -9.38. The number of aliphatic carboxylic acids is 2. The topological polar surface area (TPSA) is 337 Å². The van der Waals surface area contributed by atoms with E-state index in [-0.39, 0.29) is 43.4 Å². The number of carbonyl (C=O) groups is 8. The molecular weight excluding hydrogens is 784 g/mol. The molecule has 1 unspecified atom stereocenters. The summed E-state index contributed by atoms with van der Waals surface area (Å²) in [6.07, 6.45) is -0.177. The van der Waals surface area contributed by atoms with Gasteiger partial charge in [-0.25, -0.2) is 19.4 Å². The van der Waals surface area contributed by atoms with E-state index in [2.05, 4.69) is 30.6 Å². The number of urea groups is 1. The van der Waals surface area contributed by atoms with Crippen LogP contribution in [0, 0.1) is 0 Å². The van der Waals surface area contributed by atoms with Crippen molar-refractivity contribution in [2.75, 3.05) is 31.9 Å². The molecular formula is C28H27ClN10O13S2. The van der Waals surface area contributed by atoms with Crippen molar-refractivity contribution < 1.29 is 63.6 Å². The number of aromatic hydroxyl groups is 2. The van der Waals surface area contributed by atoms with Crippen LogP contribution in [0.2, 0.25) is 5.02 Å². The molecule has 1 aromatic heterocycles. The highest BCUT2D eigenvalue weighted by Crippen LogP contribution is 2.49. The number of β-lactam (4-membered cyclic amide) rings is 1. The number of oxime groups is 1. The van der Waals surface area contributed by atoms with Crippen LogP contribution >= 0.6 is 34.9 Å². The number of Topliss-reactive ketones (excluding diaryl/α,β-unsaturated/α-hetero) is 1. The highest BCUT2D eigenvalue weighted by atomic mass is 35.5. The number of ketones is 1. The molecule has 3 aliphatic heterocycles. The first-order chi connectivity index (χ1) is 25.5. The van der Waals surface area contributed by atoms with Gasteiger partial charge in [0.2, 0.25) is 33.8 Å². The van der Waals surface area contributed by atoms with E-state index in [1.807, 2.05) is 0 Å². The summed E-state index contributed by atoms with van der Waals surface area (Å²) in [7, 11) is 0. The first-order valence-electron chi connectivity index (χ1n) is 15.5. The standard InChI is InChI=1S/C28H27ClN10O13S2/c29-13-10(1-2-11(40)17(13)43)16(42)20(45)31-6-3-12(41)34-39-8-7-38(26(39)51)28(24(49)50)9-37-21(46)15(22(37)53-28)32-19(44)14(18-33-25(30)54-36-18)35-52-27(4-5-27)23(47)48/h1-2,15,22,40,43H,3-9H2,(H,31,45)(H,32,44)(H,34,41)(H,47,48)(H,49,50)(H2,30,33,36)/b35-14-/t15?,22-,28-/m1/s1. The number of aromatic nitrogens is 2. The van der Waals surface area contributed by atoms with Crippen molar-refractivity contribution in [1.82, 2.24) is 40.2 Å². The molecule has 3 atom stereocenters. The predicted molar refractivity (Wildman–Crippen MR) is 181 cm³/mol. The van der Waals surface area contributed by atoms with E-state index in [4.69, 9.17) is 22.2 Å². The largest absolute Gasteiger partial charge is 0.504 e. The Morgan fingerprint density at radius 3 is 2.43 bits per heavy atom. The minimum Gasteiger partial charge on any atom is -0.504 e. The van der Waals surface area contributed by atoms with Gasteiger partial charge in [-0.3, -0.25) is 34.3 Å². The number of carboxylic acids is 2. The number of amides is 6. The van der Waals surface area contributed by atoms with Crippen LogP contribution in [0.15, 0.2) is 17.3 Å². The number of benzene rings is 1. The molecule has 1 saturated carbocycles. The van der Waals surface area contributed by atoms with Gasteiger partial charge in [0.05, 0.1) is 23.7 Å². The monoisotopic (exact) mass is 810 g/mol. The maximum atomic E-state index is 13.4. The van der Waals surface area contributed by atoms with Crippen molar-refractivity contribution in [1.29, 1.82) is 0 Å². The number of nitrogen functional groups attached to an aromatic ring is 1. The second-order valence-corrected chi connectivity index (χ2v) is 14.6. The van der Waals surface area contributed by atoms with Crippen LogP contribution in [0.4, 0.5) is 9.93 Å². The molecule has 4 heterocycles. The number of carbonyl (C=O) groups excluding carboxylic acids is 6. The molecule has 6 rings (SSSR count). The van der Waals surface area contributed by atoms with E-state index in [0.717, 1.165) is 26.9 Å². The predicted octanol–water partition coefficient (Wildman–Crippen LogP) is -2.14. The lowest BCUT2D eigenvalue weighted by Crippen LogP contribution is -2.68. The Labute approximate surface area is 314 Å². The molecule has 3 saturated heterocycles. The number of carboxylic acid groups (broad SMARTS) is 2. The van der Waals surface area contributed by atoms with Gasteiger partial charge in [-0.15, -0.1) is 0 Å². The zero-order valence-electron chi connectivity index (χ0n) is 27.2. The molecule has 286 valence electrons. The average Bonchev–Trinajstić information content (AvgIpc) is 3.47. The molecule has 23 nitrogen and oxygen atoms in total. The Bertz CT molecular complexity index is 2040. The fourth-order valence-corrected chi connectivity index (χ4v) is 7.84. The maximum Gasteiger partial charge on any atom is 0.350 e. The quantitative estimate of drug-likeness (QED) is 0.0252. The number of nitrogens with zero attached hydrogens (tertiary/aromatic N) is 6. The molecule has 1 aliphatic carbocycles. The number of nitrogens with two attached hydrogens (primary N) is 1. The highest BCUT2D eigenvalue weighted by Gasteiger charge is 2.66. The summed E-state index contributed by atoms with van der Waals surface area (Å²) in [6, 6.07) is -0.267. The van der Waals surface area contributed by atoms with Gasteiger partial charge in [-0.05, 0) is 12.1 Å². The molecule has 9 N–H and O–H groups in total. The average molecular weight is 811 g/mol. The number of phenolic OH excluding ortho intramolecular Hbond substituents is 2. The molecule has 4 aliphatic rings. The van der Waals surface area contributed by atoms with E-state index in [0.29, 0.717) is 23.3 Å². The number of rotatable bonds is 14. The molecule has 0 spiro atoms. The molecule has 26 heteroatoms. The zero-order chi connectivity index (χ0) is 39.3. The van der Waals surface area contributed by atoms with Crippen molar-refractivity contribution in [2.24, 2.45) is 5.16 Å². The lowest BCUT2D eigenvalue weighted by Gasteiger charge is -2.41. The Kier molecular flexibility index (Phi) is 9.89. The summed E-state index contributed by atoms with van der Waals surface area (Å²) in [6.45, 7) is -1.23. The fourth-order valence-electron chi connectivity index (χ4n) is 5.53. The van der Waals surface area contributed by atoms with E-state index < -0.39 is 110 Å². The zero-order valence-corrected chi connectivity index (χ0v) is 29.6. The van der Waals surface area contributed by atoms with E-state index >= 15 is 0 Å². The van der Waals surface area contributed by atoms with Gasteiger partial charge in [0.1, 0.15) is 11.4 Å². The van der Waals surface area contributed by atoms with Gasteiger partial charge in [-0.2, -0.15) is 9.36 Å². The molecule has 1 aromatic carbocycles. The molecule has 0 radical (unpaired) electrons. The van der Waals surface area contributed by atoms with Crippen LogP contribution in [0.3, 0.4) is 0 Å². The highest BCUT2D eigenvalue weighted by molar-refractivity contribution is 8.02. The number of hydrogen-bond acceptors (Lipinski definition) is 17. The fraction of sp³-hybridized carbons (Fsp3) is 0.393. The third-order valence-corrected chi connectivity index (χ3v) is 11.2. The molecule has 2 aromatic rings. The van der Waals surface area contributed by atoms with E-state index in [9.17, 15) is 58.8 Å². The summed E-state index contributed by atoms with van der Waals surface area (Å²) >= 11 is 7.23. The Morgan fingerprint density at radius 2 is 1.80 bits per heavy atom. The maximum absolute atomic E-state index is 13.4. The third-order valence-electron chi connectivity index (χ3n) is 8.62. The van der Waals surface area contributed by atoms with Crippen LogP contribution in [-0.2, 0) is 33.6 Å². The van der Waals surface area contributed by atoms with Gasteiger partial charge >= 0.3 is 18.0 Å². The Hall–Kier alpha value is -5.95. The number of halogens is 1. The summed E-state index contributed by atoms with van der Waals surface area (Å²) in [5.41, 5.74) is 5.31. The summed E-state index contributed by atoms with van der Waals surface area (Å²) in [5, 5.41) is 46.5. The van der Waals surface area contributed by atoms with E-state index in [1.54, 1.807) is 0 Å². The molecule has 54 heavy (non-hydrogen) atoms. The smallest absolute Gasteiger partial charge is 0.350 e. The van der Waals surface area contributed by atoms with Crippen LogP contribution in [-0.4, -0.2) is 146 Å². The lowest BCUT2D eigenvalue weighted by molar-refractivity contribution is -0.153. The number of thioether (sulfide) groups is 1. The second kappa shape index (κ2) is 14.1. The SMILES string of the molecule is Nc1nc(/C(=N/OC2(C(=O)O)CC2)C(=O)NC2C(=O)N3C[C@@](C(=O)O)(N4CCN(NC(=O)CCNC(=O)C(=O)c5ccc(O)c(O)c5Cl)C4=O)S[C@H]23)ns1. The van der Waals surface area contributed by atoms with Crippen molar-refractivity contribution in [3.8, 4) is 11.5 Å². The third kappa shape index (κ3) is 6.71. The number of hydrazine groups is 1. The Balaban J connectivity index is 1.06. The van der Waals surface area contributed by atoms with Gasteiger partial charge in [0, 0.05) is 43.9 Å². The second-order valence-electron chi connectivity index (χ2n) is 12.1.